The summed E-state index contributed by atoms with van der Waals surface area (Å²) in [5.41, 5.74) is 0.113. The van der Waals surface area contributed by atoms with Gasteiger partial charge in [0.2, 0.25) is 0 Å². The fraction of sp³-hybridized carbons (Fsp3) is 0.500. The van der Waals surface area contributed by atoms with Crippen LogP contribution in [-0.4, -0.2) is 71.4 Å². The fourth-order valence-corrected chi connectivity index (χ4v) is 4.98. The van der Waals surface area contributed by atoms with Crippen molar-refractivity contribution in [3.05, 3.63) is 53.8 Å². The van der Waals surface area contributed by atoms with Crippen LogP contribution in [0.25, 0.3) is 11.1 Å². The molecule has 0 bridgehead atoms. The van der Waals surface area contributed by atoms with Gasteiger partial charge in [0, 0.05) is 19.5 Å². The topological polar surface area (TPSA) is 76.8 Å². The molecular formula is C28H33F2N3O3. The van der Waals surface area contributed by atoms with Crippen LogP contribution in [0, 0.1) is 23.1 Å². The van der Waals surface area contributed by atoms with E-state index in [1.807, 2.05) is 30.3 Å². The third-order valence-corrected chi connectivity index (χ3v) is 6.87. The van der Waals surface area contributed by atoms with Gasteiger partial charge in [0.05, 0.1) is 24.3 Å². The molecular weight excluding hydrogens is 464 g/mol. The number of rotatable bonds is 7. The Labute approximate surface area is 211 Å². The molecule has 2 aromatic carbocycles. The number of piperidine rings is 1. The third-order valence-electron chi connectivity index (χ3n) is 6.87. The second-order valence-electron chi connectivity index (χ2n) is 10.5. The van der Waals surface area contributed by atoms with E-state index in [0.29, 0.717) is 24.6 Å². The van der Waals surface area contributed by atoms with Crippen molar-refractivity contribution >= 4 is 5.91 Å². The standard InChI is InChI=1S/C28H33F2N3O3/c1-28(2,30)18-32-11-9-19(10-12-32)17-36-24-6-3-20(4-7-24)21-5-8-25(26(29)13-21)27(35)33-16-23(34)14-22(33)15-31/h3-8,13,19,22-23,34H,9-12,14,16-18H2,1-2H3/t22-,23+/m0/s1. The van der Waals surface area contributed by atoms with Crippen molar-refractivity contribution in [3.8, 4) is 22.9 Å². The number of nitrogens with zero attached hydrogens (tertiary/aromatic N) is 3. The molecule has 2 aliphatic rings. The number of halogens is 2. The van der Waals surface area contributed by atoms with Gasteiger partial charge in [0.25, 0.3) is 5.91 Å². The number of likely N-dealkylation sites (tertiary alicyclic amines) is 2. The van der Waals surface area contributed by atoms with Gasteiger partial charge in [0.1, 0.15) is 23.3 Å². The van der Waals surface area contributed by atoms with Crippen molar-refractivity contribution in [2.45, 2.75) is 50.9 Å². The largest absolute Gasteiger partial charge is 0.493 e. The Balaban J connectivity index is 1.32. The molecule has 2 aliphatic heterocycles. The second-order valence-corrected chi connectivity index (χ2v) is 10.5. The lowest BCUT2D eigenvalue weighted by molar-refractivity contribution is 0.0736. The highest BCUT2D eigenvalue weighted by molar-refractivity contribution is 5.95. The Morgan fingerprint density at radius 1 is 1.17 bits per heavy atom. The van der Waals surface area contributed by atoms with Crippen LogP contribution < -0.4 is 4.74 Å². The van der Waals surface area contributed by atoms with E-state index in [2.05, 4.69) is 4.90 Å². The molecule has 36 heavy (non-hydrogen) atoms. The summed E-state index contributed by atoms with van der Waals surface area (Å²) < 4.78 is 34.7. The number of ether oxygens (including phenoxy) is 1. The summed E-state index contributed by atoms with van der Waals surface area (Å²) in [6, 6.07) is 13.0. The Bertz CT molecular complexity index is 1100. The van der Waals surface area contributed by atoms with Gasteiger partial charge >= 0.3 is 0 Å². The summed E-state index contributed by atoms with van der Waals surface area (Å²) in [5.74, 6) is -0.0998. The molecule has 2 heterocycles. The molecule has 0 radical (unpaired) electrons. The van der Waals surface area contributed by atoms with Gasteiger partial charge in [-0.3, -0.25) is 4.79 Å². The number of benzene rings is 2. The molecule has 4 rings (SSSR count). The van der Waals surface area contributed by atoms with Gasteiger partial charge in [-0.25, -0.2) is 8.78 Å². The first-order chi connectivity index (χ1) is 17.1. The van der Waals surface area contributed by atoms with Crippen molar-refractivity contribution in [2.24, 2.45) is 5.92 Å². The number of β-amino-alcohol motifs (C(OH)–C–C–N with tert-alkyl or cyclic N) is 1. The summed E-state index contributed by atoms with van der Waals surface area (Å²) in [6.07, 6.45) is 1.35. The number of carbonyl (C=O) groups excluding carboxylic acids is 1. The molecule has 2 aromatic rings. The van der Waals surface area contributed by atoms with Crippen LogP contribution in [-0.2, 0) is 0 Å². The lowest BCUT2D eigenvalue weighted by atomic mass is 9.97. The molecule has 0 saturated carbocycles. The molecule has 192 valence electrons. The van der Waals surface area contributed by atoms with E-state index < -0.39 is 29.5 Å². The van der Waals surface area contributed by atoms with Gasteiger partial charge in [-0.05, 0) is 81.1 Å². The maximum Gasteiger partial charge on any atom is 0.257 e. The minimum absolute atomic E-state index is 0.0224. The highest BCUT2D eigenvalue weighted by atomic mass is 19.1. The Morgan fingerprint density at radius 3 is 2.44 bits per heavy atom. The van der Waals surface area contributed by atoms with E-state index in [0.717, 1.165) is 37.2 Å². The first-order valence-corrected chi connectivity index (χ1v) is 12.5. The Kier molecular flexibility index (Phi) is 7.91. The molecule has 2 saturated heterocycles. The number of hydrogen-bond acceptors (Lipinski definition) is 5. The quantitative estimate of drug-likeness (QED) is 0.613. The van der Waals surface area contributed by atoms with Crippen LogP contribution in [0.1, 0.15) is 43.5 Å². The van der Waals surface area contributed by atoms with Gasteiger partial charge < -0.3 is 19.6 Å². The number of carbonyl (C=O) groups is 1. The van der Waals surface area contributed by atoms with Crippen molar-refractivity contribution in [1.82, 2.24) is 9.80 Å². The number of amides is 1. The van der Waals surface area contributed by atoms with Crippen LogP contribution in [0.15, 0.2) is 42.5 Å². The van der Waals surface area contributed by atoms with Crippen molar-refractivity contribution in [2.75, 3.05) is 32.8 Å². The van der Waals surface area contributed by atoms with E-state index in [1.54, 1.807) is 19.9 Å². The zero-order valence-corrected chi connectivity index (χ0v) is 20.8. The smallest absolute Gasteiger partial charge is 0.257 e. The summed E-state index contributed by atoms with van der Waals surface area (Å²) in [5, 5.41) is 19.0. The number of alkyl halides is 1. The van der Waals surface area contributed by atoms with Gasteiger partial charge in [-0.15, -0.1) is 0 Å². The van der Waals surface area contributed by atoms with E-state index in [9.17, 15) is 23.9 Å². The lowest BCUT2D eigenvalue weighted by Gasteiger charge is -2.34. The predicted molar refractivity (Wildman–Crippen MR) is 133 cm³/mol. The maximum atomic E-state index is 14.9. The van der Waals surface area contributed by atoms with E-state index in [1.165, 1.54) is 17.0 Å². The molecule has 0 unspecified atom stereocenters. The minimum atomic E-state index is -1.18. The number of nitriles is 1. The first kappa shape index (κ1) is 26.1. The zero-order valence-electron chi connectivity index (χ0n) is 20.8. The van der Waals surface area contributed by atoms with Crippen LogP contribution in [0.4, 0.5) is 8.78 Å². The average molecular weight is 498 g/mol. The van der Waals surface area contributed by atoms with E-state index in [4.69, 9.17) is 4.74 Å². The van der Waals surface area contributed by atoms with E-state index >= 15 is 0 Å². The van der Waals surface area contributed by atoms with Crippen LogP contribution in [0.3, 0.4) is 0 Å². The maximum absolute atomic E-state index is 14.9. The van der Waals surface area contributed by atoms with Gasteiger partial charge in [-0.2, -0.15) is 5.26 Å². The summed E-state index contributed by atoms with van der Waals surface area (Å²) >= 11 is 0. The molecule has 0 aliphatic carbocycles. The molecule has 6 nitrogen and oxygen atoms in total. The zero-order chi connectivity index (χ0) is 25.9. The lowest BCUT2D eigenvalue weighted by Crippen LogP contribution is -2.41. The molecule has 1 amide bonds. The molecule has 0 spiro atoms. The van der Waals surface area contributed by atoms with Gasteiger partial charge in [-0.1, -0.05) is 18.2 Å². The first-order valence-electron chi connectivity index (χ1n) is 12.5. The van der Waals surface area contributed by atoms with Crippen molar-refractivity contribution in [1.29, 1.82) is 5.26 Å². The molecule has 0 aromatic heterocycles. The van der Waals surface area contributed by atoms with Crippen LogP contribution in [0.2, 0.25) is 0 Å². The molecule has 2 fully saturated rings. The Morgan fingerprint density at radius 2 is 1.83 bits per heavy atom. The summed E-state index contributed by atoms with van der Waals surface area (Å²) in [6.45, 7) is 6.06. The number of aliphatic hydroxyl groups is 1. The highest BCUT2D eigenvalue weighted by Crippen LogP contribution is 2.28. The Hall–Kier alpha value is -3.02. The summed E-state index contributed by atoms with van der Waals surface area (Å²) in [4.78, 5) is 16.1. The normalized spacial score (nSPS) is 21.4. The third kappa shape index (κ3) is 6.40. The fourth-order valence-electron chi connectivity index (χ4n) is 4.98. The van der Waals surface area contributed by atoms with Crippen molar-refractivity contribution < 1.29 is 23.4 Å². The molecule has 8 heteroatoms. The monoisotopic (exact) mass is 497 g/mol. The van der Waals surface area contributed by atoms with E-state index in [-0.39, 0.29) is 18.5 Å². The predicted octanol–water partition coefficient (Wildman–Crippen LogP) is 4.43. The SMILES string of the molecule is CC(C)(F)CN1CCC(COc2ccc(-c3ccc(C(=O)N4C[C@H](O)C[C@H]4C#N)c(F)c3)cc2)CC1. The molecule has 2 atom stereocenters. The second kappa shape index (κ2) is 10.9. The molecule has 1 N–H and O–H groups in total. The minimum Gasteiger partial charge on any atom is -0.493 e. The van der Waals surface area contributed by atoms with Crippen LogP contribution in [0.5, 0.6) is 5.75 Å². The number of hydrogen-bond donors (Lipinski definition) is 1. The van der Waals surface area contributed by atoms with Gasteiger partial charge in [0.15, 0.2) is 0 Å². The van der Waals surface area contributed by atoms with Crippen LogP contribution >= 0.6 is 0 Å². The van der Waals surface area contributed by atoms with Crippen molar-refractivity contribution in [3.63, 3.8) is 0 Å². The summed E-state index contributed by atoms with van der Waals surface area (Å²) in [7, 11) is 0. The number of aliphatic hydroxyl groups excluding tert-OH is 1. The highest BCUT2D eigenvalue weighted by Gasteiger charge is 2.35. The average Bonchev–Trinajstić information content (AvgIpc) is 3.23.